The Bertz CT molecular complexity index is 234. The molecule has 6 heteroatoms. The van der Waals surface area contributed by atoms with Crippen molar-refractivity contribution in [3.8, 4) is 0 Å². The van der Waals surface area contributed by atoms with Crippen LogP contribution in [0, 0.1) is 5.92 Å². The topological polar surface area (TPSA) is 46.3 Å². The standard InChI is InChI=1S/C9H15F3N2O/c1-14(8(13)15)7-4-2-6(3-5-7)9(10,11)12/h6-7H,2-5H2,1H3,(H2,13,15). The van der Waals surface area contributed by atoms with Gasteiger partial charge in [0, 0.05) is 13.1 Å². The molecule has 1 rings (SSSR count). The average molecular weight is 224 g/mol. The summed E-state index contributed by atoms with van der Waals surface area (Å²) < 4.78 is 37.0. The summed E-state index contributed by atoms with van der Waals surface area (Å²) in [4.78, 5) is 12.1. The molecule has 0 saturated heterocycles. The molecular weight excluding hydrogens is 209 g/mol. The van der Waals surface area contributed by atoms with E-state index in [4.69, 9.17) is 5.73 Å². The van der Waals surface area contributed by atoms with Crippen molar-refractivity contribution in [3.05, 3.63) is 0 Å². The van der Waals surface area contributed by atoms with Gasteiger partial charge in [-0.05, 0) is 25.7 Å². The van der Waals surface area contributed by atoms with Crippen molar-refractivity contribution in [2.75, 3.05) is 7.05 Å². The van der Waals surface area contributed by atoms with Gasteiger partial charge in [0.25, 0.3) is 0 Å². The van der Waals surface area contributed by atoms with Crippen molar-refractivity contribution in [2.24, 2.45) is 11.7 Å². The van der Waals surface area contributed by atoms with Crippen LogP contribution in [0.4, 0.5) is 18.0 Å². The summed E-state index contributed by atoms with van der Waals surface area (Å²) in [7, 11) is 1.53. The van der Waals surface area contributed by atoms with Crippen LogP contribution in [0.2, 0.25) is 0 Å². The van der Waals surface area contributed by atoms with Gasteiger partial charge in [0.05, 0.1) is 5.92 Å². The van der Waals surface area contributed by atoms with E-state index in [9.17, 15) is 18.0 Å². The van der Waals surface area contributed by atoms with Gasteiger partial charge in [-0.2, -0.15) is 13.2 Å². The van der Waals surface area contributed by atoms with Crippen molar-refractivity contribution >= 4 is 6.03 Å². The molecule has 88 valence electrons. The number of alkyl halides is 3. The van der Waals surface area contributed by atoms with E-state index in [1.54, 1.807) is 0 Å². The highest BCUT2D eigenvalue weighted by Crippen LogP contribution is 2.38. The Morgan fingerprint density at radius 2 is 1.73 bits per heavy atom. The molecule has 0 unspecified atom stereocenters. The average Bonchev–Trinajstić information content (AvgIpc) is 2.15. The first kappa shape index (κ1) is 12.1. The van der Waals surface area contributed by atoms with Gasteiger partial charge in [0.1, 0.15) is 0 Å². The van der Waals surface area contributed by atoms with Gasteiger partial charge in [-0.15, -0.1) is 0 Å². The van der Waals surface area contributed by atoms with E-state index >= 15 is 0 Å². The number of hydrogen-bond acceptors (Lipinski definition) is 1. The molecule has 0 heterocycles. The van der Waals surface area contributed by atoms with Crippen molar-refractivity contribution in [1.29, 1.82) is 0 Å². The number of primary amides is 1. The minimum absolute atomic E-state index is 0.0891. The summed E-state index contributed by atoms with van der Waals surface area (Å²) in [6, 6.07) is -0.716. The van der Waals surface area contributed by atoms with Crippen LogP contribution in [0.5, 0.6) is 0 Å². The number of hydrogen-bond donors (Lipinski definition) is 1. The predicted molar refractivity (Wildman–Crippen MR) is 49.1 cm³/mol. The van der Waals surface area contributed by atoms with Gasteiger partial charge in [-0.25, -0.2) is 4.79 Å². The van der Waals surface area contributed by atoms with Gasteiger partial charge >= 0.3 is 12.2 Å². The van der Waals surface area contributed by atoms with Crippen LogP contribution in [0.25, 0.3) is 0 Å². The van der Waals surface area contributed by atoms with Crippen molar-refractivity contribution in [1.82, 2.24) is 4.90 Å². The van der Waals surface area contributed by atoms with Crippen molar-refractivity contribution < 1.29 is 18.0 Å². The molecule has 0 aromatic heterocycles. The quantitative estimate of drug-likeness (QED) is 0.728. The first-order chi connectivity index (χ1) is 6.82. The van der Waals surface area contributed by atoms with Gasteiger partial charge < -0.3 is 10.6 Å². The number of carbonyl (C=O) groups is 1. The van der Waals surface area contributed by atoms with E-state index in [-0.39, 0.29) is 18.9 Å². The summed E-state index contributed by atoms with van der Waals surface area (Å²) >= 11 is 0. The molecule has 0 aromatic rings. The number of amides is 2. The van der Waals surface area contributed by atoms with E-state index in [0.717, 1.165) is 0 Å². The lowest BCUT2D eigenvalue weighted by atomic mass is 9.85. The zero-order chi connectivity index (χ0) is 11.6. The molecule has 0 atom stereocenters. The zero-order valence-corrected chi connectivity index (χ0v) is 8.55. The van der Waals surface area contributed by atoms with Crippen LogP contribution >= 0.6 is 0 Å². The first-order valence-corrected chi connectivity index (χ1v) is 4.91. The Morgan fingerprint density at radius 3 is 2.07 bits per heavy atom. The molecule has 1 fully saturated rings. The second-order valence-electron chi connectivity index (χ2n) is 4.00. The molecule has 0 aliphatic heterocycles. The fraction of sp³-hybridized carbons (Fsp3) is 0.889. The Morgan fingerprint density at radius 1 is 1.27 bits per heavy atom. The molecule has 1 aliphatic carbocycles. The monoisotopic (exact) mass is 224 g/mol. The van der Waals surface area contributed by atoms with E-state index in [1.807, 2.05) is 0 Å². The fourth-order valence-corrected chi connectivity index (χ4v) is 1.97. The Kier molecular flexibility index (Phi) is 3.46. The second kappa shape index (κ2) is 4.28. The molecule has 2 N–H and O–H groups in total. The van der Waals surface area contributed by atoms with E-state index < -0.39 is 18.1 Å². The van der Waals surface area contributed by atoms with Gasteiger partial charge in [0.15, 0.2) is 0 Å². The minimum Gasteiger partial charge on any atom is -0.351 e. The summed E-state index contributed by atoms with van der Waals surface area (Å²) in [6.07, 6.45) is -3.17. The highest BCUT2D eigenvalue weighted by molar-refractivity contribution is 5.72. The lowest BCUT2D eigenvalue weighted by Crippen LogP contribution is -2.43. The molecular formula is C9H15F3N2O. The maximum absolute atomic E-state index is 12.3. The van der Waals surface area contributed by atoms with Crippen LogP contribution in [0.3, 0.4) is 0 Å². The predicted octanol–water partition coefficient (Wildman–Crippen LogP) is 2.12. The number of carbonyl (C=O) groups excluding carboxylic acids is 1. The van der Waals surface area contributed by atoms with Gasteiger partial charge in [0.2, 0.25) is 0 Å². The molecule has 3 nitrogen and oxygen atoms in total. The highest BCUT2D eigenvalue weighted by atomic mass is 19.4. The summed E-state index contributed by atoms with van der Waals surface area (Å²) in [5.74, 6) is -1.21. The summed E-state index contributed by atoms with van der Waals surface area (Å²) in [5.41, 5.74) is 5.05. The maximum Gasteiger partial charge on any atom is 0.391 e. The number of rotatable bonds is 1. The first-order valence-electron chi connectivity index (χ1n) is 4.91. The SMILES string of the molecule is CN(C(N)=O)C1CCC(C(F)(F)F)CC1. The van der Waals surface area contributed by atoms with E-state index in [2.05, 4.69) is 0 Å². The maximum atomic E-state index is 12.3. The Hall–Kier alpha value is -0.940. The van der Waals surface area contributed by atoms with Crippen LogP contribution < -0.4 is 5.73 Å². The van der Waals surface area contributed by atoms with Crippen molar-refractivity contribution in [2.45, 2.75) is 37.9 Å². The van der Waals surface area contributed by atoms with E-state index in [0.29, 0.717) is 12.8 Å². The molecule has 2 amide bonds. The van der Waals surface area contributed by atoms with Crippen LogP contribution in [-0.4, -0.2) is 30.2 Å². The number of nitrogens with zero attached hydrogens (tertiary/aromatic N) is 1. The fourth-order valence-electron chi connectivity index (χ4n) is 1.97. The lowest BCUT2D eigenvalue weighted by Gasteiger charge is -2.34. The Balaban J connectivity index is 2.46. The van der Waals surface area contributed by atoms with Gasteiger partial charge in [-0.1, -0.05) is 0 Å². The lowest BCUT2D eigenvalue weighted by molar-refractivity contribution is -0.183. The third-order valence-electron chi connectivity index (χ3n) is 3.05. The minimum atomic E-state index is -4.10. The summed E-state index contributed by atoms with van der Waals surface area (Å²) in [6.45, 7) is 0. The molecule has 0 spiro atoms. The molecule has 0 aromatic carbocycles. The number of halogens is 3. The van der Waals surface area contributed by atoms with Crippen LogP contribution in [-0.2, 0) is 0 Å². The summed E-state index contributed by atoms with van der Waals surface area (Å²) in [5, 5.41) is 0. The van der Waals surface area contributed by atoms with Crippen molar-refractivity contribution in [3.63, 3.8) is 0 Å². The highest BCUT2D eigenvalue weighted by Gasteiger charge is 2.42. The van der Waals surface area contributed by atoms with E-state index in [1.165, 1.54) is 11.9 Å². The zero-order valence-electron chi connectivity index (χ0n) is 8.55. The third-order valence-corrected chi connectivity index (χ3v) is 3.05. The molecule has 1 aliphatic rings. The third kappa shape index (κ3) is 3.00. The normalized spacial score (nSPS) is 27.5. The molecule has 0 radical (unpaired) electrons. The molecule has 15 heavy (non-hydrogen) atoms. The Labute approximate surface area is 86.4 Å². The van der Waals surface area contributed by atoms with Gasteiger partial charge in [-0.3, -0.25) is 0 Å². The number of nitrogens with two attached hydrogens (primary N) is 1. The smallest absolute Gasteiger partial charge is 0.351 e. The van der Waals surface area contributed by atoms with Crippen LogP contribution in [0.1, 0.15) is 25.7 Å². The second-order valence-corrected chi connectivity index (χ2v) is 4.00. The van der Waals surface area contributed by atoms with Crippen LogP contribution in [0.15, 0.2) is 0 Å². The number of urea groups is 1. The molecule has 1 saturated carbocycles. The largest absolute Gasteiger partial charge is 0.391 e. The molecule has 0 bridgehead atoms.